The molecule has 1 aromatic rings. The maximum Gasteiger partial charge on any atom is 0.0791 e. The number of β-amino-alcohol motifs (C(OH)–C–C–N with tert-alkyl or cyclic N) is 1. The van der Waals surface area contributed by atoms with E-state index < -0.39 is 0 Å². The maximum atomic E-state index is 10.3. The van der Waals surface area contributed by atoms with Crippen LogP contribution in [-0.2, 0) is 6.54 Å². The summed E-state index contributed by atoms with van der Waals surface area (Å²) in [5.74, 6) is 0.836. The summed E-state index contributed by atoms with van der Waals surface area (Å²) in [6, 6.07) is 0.214. The predicted molar refractivity (Wildman–Crippen MR) is 94.6 cm³/mol. The van der Waals surface area contributed by atoms with E-state index in [1.807, 2.05) is 4.68 Å². The van der Waals surface area contributed by atoms with Crippen molar-refractivity contribution in [2.45, 2.75) is 66.2 Å². The van der Waals surface area contributed by atoms with Crippen molar-refractivity contribution in [1.82, 2.24) is 20.0 Å². The van der Waals surface area contributed by atoms with Gasteiger partial charge in [-0.1, -0.05) is 6.92 Å². The summed E-state index contributed by atoms with van der Waals surface area (Å²) in [5, 5.41) is 18.4. The average molecular weight is 322 g/mol. The minimum Gasteiger partial charge on any atom is -0.390 e. The number of hydrogen-bond donors (Lipinski definition) is 2. The number of aryl methyl sites for hydroxylation is 2. The number of aliphatic hydroxyl groups is 1. The van der Waals surface area contributed by atoms with Crippen molar-refractivity contribution in [1.29, 1.82) is 0 Å². The van der Waals surface area contributed by atoms with Gasteiger partial charge in [-0.25, -0.2) is 0 Å². The minimum atomic E-state index is -0.312. The van der Waals surface area contributed by atoms with Crippen LogP contribution < -0.4 is 5.32 Å². The Hall–Kier alpha value is -0.910. The Morgan fingerprint density at radius 1 is 1.30 bits per heavy atom. The molecule has 1 aliphatic rings. The number of likely N-dealkylation sites (tertiary alicyclic amines) is 1. The first-order valence-corrected chi connectivity index (χ1v) is 9.10. The highest BCUT2D eigenvalue weighted by Crippen LogP contribution is 2.21. The van der Waals surface area contributed by atoms with Crippen LogP contribution in [-0.4, -0.2) is 52.1 Å². The zero-order chi connectivity index (χ0) is 17.0. The lowest BCUT2D eigenvalue weighted by atomic mass is 9.99. The number of nitrogens with zero attached hydrogens (tertiary/aromatic N) is 3. The third-order valence-corrected chi connectivity index (χ3v) is 5.17. The Bertz CT molecular complexity index is 491. The lowest BCUT2D eigenvalue weighted by Crippen LogP contribution is -2.42. The number of aromatic nitrogens is 2. The largest absolute Gasteiger partial charge is 0.390 e. The Morgan fingerprint density at radius 3 is 2.52 bits per heavy atom. The fourth-order valence-electron chi connectivity index (χ4n) is 3.67. The molecule has 2 heterocycles. The third-order valence-electron chi connectivity index (χ3n) is 5.17. The van der Waals surface area contributed by atoms with Crippen LogP contribution in [0, 0.1) is 19.8 Å². The van der Waals surface area contributed by atoms with Crippen molar-refractivity contribution in [3.05, 3.63) is 17.0 Å². The highest BCUT2D eigenvalue weighted by Gasteiger charge is 2.20. The molecule has 0 spiro atoms. The van der Waals surface area contributed by atoms with E-state index in [9.17, 15) is 5.11 Å². The SMILES string of the molecule is CCn1nc(C)c(C(C)NCC(O)CN2CCC(C)CC2)c1C. The van der Waals surface area contributed by atoms with Gasteiger partial charge in [-0.2, -0.15) is 5.10 Å². The molecule has 2 unspecified atom stereocenters. The smallest absolute Gasteiger partial charge is 0.0791 e. The molecule has 0 saturated carbocycles. The molecule has 2 rings (SSSR count). The molecule has 1 saturated heterocycles. The molecule has 23 heavy (non-hydrogen) atoms. The quantitative estimate of drug-likeness (QED) is 0.808. The zero-order valence-electron chi connectivity index (χ0n) is 15.5. The van der Waals surface area contributed by atoms with E-state index >= 15 is 0 Å². The van der Waals surface area contributed by atoms with Crippen LogP contribution in [0.1, 0.15) is 56.6 Å². The highest BCUT2D eigenvalue weighted by atomic mass is 16.3. The second-order valence-electron chi connectivity index (χ2n) is 7.17. The van der Waals surface area contributed by atoms with Crippen molar-refractivity contribution in [2.24, 2.45) is 5.92 Å². The van der Waals surface area contributed by atoms with Crippen LogP contribution in [0.15, 0.2) is 0 Å². The Labute approximate surface area is 141 Å². The molecular formula is C18H34N4O. The third kappa shape index (κ3) is 4.78. The fourth-order valence-corrected chi connectivity index (χ4v) is 3.67. The Morgan fingerprint density at radius 2 is 1.96 bits per heavy atom. The summed E-state index contributed by atoms with van der Waals surface area (Å²) in [6.07, 6.45) is 2.20. The van der Waals surface area contributed by atoms with Crippen molar-refractivity contribution < 1.29 is 5.11 Å². The molecular weight excluding hydrogens is 288 g/mol. The van der Waals surface area contributed by atoms with Gasteiger partial charge in [0.25, 0.3) is 0 Å². The molecule has 0 aromatic carbocycles. The van der Waals surface area contributed by atoms with Gasteiger partial charge in [-0.3, -0.25) is 4.68 Å². The van der Waals surface area contributed by atoms with Crippen molar-refractivity contribution in [3.63, 3.8) is 0 Å². The predicted octanol–water partition coefficient (Wildman–Crippen LogP) is 2.26. The second kappa shape index (κ2) is 8.27. The molecule has 1 aromatic heterocycles. The fraction of sp³-hybridized carbons (Fsp3) is 0.833. The molecule has 2 atom stereocenters. The number of piperidine rings is 1. The standard InChI is InChI=1S/C18H34N4O/c1-6-22-16(5)18(15(4)20-22)14(3)19-11-17(23)12-21-9-7-13(2)8-10-21/h13-14,17,19,23H,6-12H2,1-5H3. The van der Waals surface area contributed by atoms with Gasteiger partial charge >= 0.3 is 0 Å². The van der Waals surface area contributed by atoms with Gasteiger partial charge < -0.3 is 15.3 Å². The normalized spacial score (nSPS) is 19.9. The van der Waals surface area contributed by atoms with E-state index in [-0.39, 0.29) is 12.1 Å². The lowest BCUT2D eigenvalue weighted by Gasteiger charge is -2.32. The topological polar surface area (TPSA) is 53.3 Å². The van der Waals surface area contributed by atoms with E-state index in [1.165, 1.54) is 24.1 Å². The maximum absolute atomic E-state index is 10.3. The molecule has 0 aliphatic carbocycles. The van der Waals surface area contributed by atoms with Crippen LogP contribution in [0.5, 0.6) is 0 Å². The number of nitrogens with one attached hydrogen (secondary N) is 1. The molecule has 1 aliphatic heterocycles. The van der Waals surface area contributed by atoms with Crippen LogP contribution >= 0.6 is 0 Å². The van der Waals surface area contributed by atoms with Gasteiger partial charge in [0.15, 0.2) is 0 Å². The van der Waals surface area contributed by atoms with Gasteiger partial charge in [-0.15, -0.1) is 0 Å². The summed E-state index contributed by atoms with van der Waals surface area (Å²) in [6.45, 7) is 15.3. The van der Waals surface area contributed by atoms with E-state index in [0.717, 1.165) is 37.8 Å². The molecule has 2 N–H and O–H groups in total. The van der Waals surface area contributed by atoms with E-state index in [0.29, 0.717) is 6.54 Å². The monoisotopic (exact) mass is 322 g/mol. The molecule has 132 valence electrons. The van der Waals surface area contributed by atoms with Crippen LogP contribution in [0.25, 0.3) is 0 Å². The molecule has 1 fully saturated rings. The number of hydrogen-bond acceptors (Lipinski definition) is 4. The van der Waals surface area contributed by atoms with Crippen LogP contribution in [0.3, 0.4) is 0 Å². The molecule has 0 bridgehead atoms. The lowest BCUT2D eigenvalue weighted by molar-refractivity contribution is 0.0892. The van der Waals surface area contributed by atoms with Gasteiger partial charge in [0.2, 0.25) is 0 Å². The Kier molecular flexibility index (Phi) is 6.62. The van der Waals surface area contributed by atoms with Crippen LogP contribution in [0.4, 0.5) is 0 Å². The average Bonchev–Trinajstić information content (AvgIpc) is 2.81. The van der Waals surface area contributed by atoms with Crippen LogP contribution in [0.2, 0.25) is 0 Å². The van der Waals surface area contributed by atoms with Gasteiger partial charge in [0, 0.05) is 36.9 Å². The molecule has 0 amide bonds. The van der Waals surface area contributed by atoms with Gasteiger partial charge in [-0.05, 0) is 59.5 Å². The first-order chi connectivity index (χ1) is 10.9. The molecule has 5 nitrogen and oxygen atoms in total. The first kappa shape index (κ1) is 18.4. The van der Waals surface area contributed by atoms with Crippen molar-refractivity contribution >= 4 is 0 Å². The zero-order valence-corrected chi connectivity index (χ0v) is 15.5. The molecule has 5 heteroatoms. The minimum absolute atomic E-state index is 0.214. The number of rotatable bonds is 7. The summed E-state index contributed by atoms with van der Waals surface area (Å²) in [4.78, 5) is 2.39. The second-order valence-corrected chi connectivity index (χ2v) is 7.17. The van der Waals surface area contributed by atoms with Crippen molar-refractivity contribution in [3.8, 4) is 0 Å². The first-order valence-electron chi connectivity index (χ1n) is 9.10. The van der Waals surface area contributed by atoms with E-state index in [2.05, 4.69) is 49.9 Å². The van der Waals surface area contributed by atoms with Gasteiger partial charge in [0.05, 0.1) is 11.8 Å². The highest BCUT2D eigenvalue weighted by molar-refractivity contribution is 5.27. The van der Waals surface area contributed by atoms with E-state index in [1.54, 1.807) is 0 Å². The molecule has 0 radical (unpaired) electrons. The summed E-state index contributed by atoms with van der Waals surface area (Å²) < 4.78 is 2.05. The summed E-state index contributed by atoms with van der Waals surface area (Å²) in [5.41, 5.74) is 3.58. The number of aliphatic hydroxyl groups excluding tert-OH is 1. The van der Waals surface area contributed by atoms with Gasteiger partial charge in [0.1, 0.15) is 0 Å². The van der Waals surface area contributed by atoms with E-state index in [4.69, 9.17) is 0 Å². The summed E-state index contributed by atoms with van der Waals surface area (Å²) >= 11 is 0. The summed E-state index contributed by atoms with van der Waals surface area (Å²) in [7, 11) is 0. The van der Waals surface area contributed by atoms with Crippen molar-refractivity contribution in [2.75, 3.05) is 26.2 Å². The Balaban J connectivity index is 1.82.